The number of carbonyl (C=O) groups is 3. The predicted molar refractivity (Wildman–Crippen MR) is 289 cm³/mol. The zero-order valence-electron chi connectivity index (χ0n) is 45.0. The number of nitrogens with two attached hydrogens (primary N) is 1. The molecule has 75 heavy (non-hydrogen) atoms. The fraction of sp³-hybridized carbons (Fsp3) is 0.722. The van der Waals surface area contributed by atoms with Crippen molar-refractivity contribution in [3.05, 3.63) is 71.4 Å². The van der Waals surface area contributed by atoms with E-state index in [4.69, 9.17) is 29.0 Å². The Morgan fingerprint density at radius 2 is 1.29 bits per heavy atom. The first-order valence-electron chi connectivity index (χ1n) is 27.5. The molecular formula is C54H91N3O16P2. The van der Waals surface area contributed by atoms with Crippen LogP contribution in [0.5, 0.6) is 0 Å². The van der Waals surface area contributed by atoms with E-state index in [0.29, 0.717) is 6.42 Å². The Morgan fingerprint density at radius 1 is 0.720 bits per heavy atom. The van der Waals surface area contributed by atoms with Gasteiger partial charge in [0.05, 0.1) is 13.2 Å². The van der Waals surface area contributed by atoms with E-state index in [1.807, 2.05) is 12.2 Å². The third-order valence-corrected chi connectivity index (χ3v) is 14.9. The summed E-state index contributed by atoms with van der Waals surface area (Å²) in [5, 5.41) is 20.9. The van der Waals surface area contributed by atoms with Crippen molar-refractivity contribution in [1.29, 1.82) is 0 Å². The molecule has 1 saturated heterocycles. The van der Waals surface area contributed by atoms with Crippen LogP contribution in [0.15, 0.2) is 65.7 Å². The van der Waals surface area contributed by atoms with E-state index in [9.17, 15) is 48.3 Å². The highest BCUT2D eigenvalue weighted by Crippen LogP contribution is 2.60. The van der Waals surface area contributed by atoms with Gasteiger partial charge in [0, 0.05) is 25.5 Å². The van der Waals surface area contributed by atoms with Crippen molar-refractivity contribution in [2.45, 2.75) is 225 Å². The van der Waals surface area contributed by atoms with Crippen molar-refractivity contribution in [3.8, 4) is 0 Å². The number of esters is 2. The Balaban J connectivity index is 1.82. The third kappa shape index (κ3) is 34.0. The van der Waals surface area contributed by atoms with Crippen LogP contribution in [0.3, 0.4) is 0 Å². The third-order valence-electron chi connectivity index (χ3n) is 12.3. The summed E-state index contributed by atoms with van der Waals surface area (Å²) < 4.78 is 56.7. The summed E-state index contributed by atoms with van der Waals surface area (Å²) in [7, 11) is -10.9. The second-order valence-corrected chi connectivity index (χ2v) is 22.6. The molecule has 1 aliphatic rings. The maximum absolute atomic E-state index is 12.9. The van der Waals surface area contributed by atoms with E-state index in [0.717, 1.165) is 61.6 Å². The number of aliphatic hydroxyl groups is 2. The number of unbranched alkanes of at least 4 members (excludes halogenated alkanes) is 18. The van der Waals surface area contributed by atoms with Crippen LogP contribution in [-0.2, 0) is 51.1 Å². The van der Waals surface area contributed by atoms with E-state index >= 15 is 0 Å². The molecule has 0 aliphatic carbocycles. The number of aromatic nitrogens is 2. The van der Waals surface area contributed by atoms with Crippen molar-refractivity contribution in [2.75, 3.05) is 25.6 Å². The molecule has 2 unspecified atom stereocenters. The van der Waals surface area contributed by atoms with Crippen molar-refractivity contribution in [2.24, 2.45) is 5.92 Å². The molecule has 428 valence electrons. The quantitative estimate of drug-likeness (QED) is 0.0101. The Bertz CT molecular complexity index is 2030. The maximum Gasteiger partial charge on any atom is 0.481 e. The molecule has 0 saturated carbocycles. The molecule has 1 fully saturated rings. The standard InChI is InChI=1S/C54H91N3O16P2/c1-4-5-6-7-8-9-10-15-19-22-25-28-31-35-45(58)36-33-38-49(59)68-41-46(71-50(60)37-32-29-26-23-20-17-14-12-11-13-16-18-21-24-27-30-34-44(2)3)42-69-74(64,65)73-75(66,67)70-43-47-51(61)52(62)53(72-47)57-40-39-48(55)56-54(57)63/h8-9,15,19,25,28,31,35,39-40,44,46-47,51-53,61-62H,4-7,10-14,16-18,20-24,26-27,29-30,32-34,36-38,41-43H2,1-3H3,(H,64,65)(H,66,67)(H2,55,56,63)/b9-8-,19-15-,28-25-,35-31+/t46-,47-,51-,52-,53-/m1/s1. The zero-order chi connectivity index (χ0) is 55.2. The van der Waals surface area contributed by atoms with Gasteiger partial charge in [0.1, 0.15) is 30.7 Å². The molecule has 1 aromatic rings. The van der Waals surface area contributed by atoms with E-state index in [1.165, 1.54) is 108 Å². The van der Waals surface area contributed by atoms with Gasteiger partial charge in [-0.1, -0.05) is 179 Å². The molecule has 0 radical (unpaired) electrons. The molecule has 0 bridgehead atoms. The topological polar surface area (TPSA) is 283 Å². The molecule has 6 N–H and O–H groups in total. The Morgan fingerprint density at radius 3 is 1.91 bits per heavy atom. The summed E-state index contributed by atoms with van der Waals surface area (Å²) in [5.41, 5.74) is 4.58. The highest BCUT2D eigenvalue weighted by Gasteiger charge is 2.46. The molecule has 0 spiro atoms. The molecular weight excluding hydrogens is 1010 g/mol. The van der Waals surface area contributed by atoms with Crippen LogP contribution in [0, 0.1) is 5.92 Å². The number of allylic oxidation sites excluding steroid dienone is 8. The van der Waals surface area contributed by atoms with Gasteiger partial charge in [0.15, 0.2) is 18.1 Å². The van der Waals surface area contributed by atoms with Crippen LogP contribution < -0.4 is 11.4 Å². The SMILES string of the molecule is CCCCC/C=C\C/C=C\C/C=C\C=C\C(=O)CCCC(=O)OC[C@H](COP(=O)(O)OP(=O)(O)OC[C@H]1O[C@@H](n2ccc(N)nc2=O)[C@H](O)[C@@H]1O)OC(=O)CCCCCCCCCCCCCCCCCCC(C)C. The minimum Gasteiger partial charge on any atom is -0.462 e. The number of anilines is 1. The average molecular weight is 1100 g/mol. The zero-order valence-corrected chi connectivity index (χ0v) is 46.8. The minimum absolute atomic E-state index is 0.00183. The first-order chi connectivity index (χ1) is 35.9. The molecule has 2 rings (SSSR count). The number of carbonyl (C=O) groups excluding carboxylic acids is 3. The summed E-state index contributed by atoms with van der Waals surface area (Å²) in [6.07, 6.45) is 34.8. The number of nitrogen functional groups attached to an aromatic ring is 1. The molecule has 19 nitrogen and oxygen atoms in total. The maximum atomic E-state index is 12.9. The van der Waals surface area contributed by atoms with Crippen LogP contribution in [0.1, 0.15) is 200 Å². The summed E-state index contributed by atoms with van der Waals surface area (Å²) in [5.74, 6) is -0.955. The van der Waals surface area contributed by atoms with E-state index in [2.05, 4.69) is 48.3 Å². The van der Waals surface area contributed by atoms with Crippen molar-refractivity contribution < 1.29 is 71.1 Å². The lowest BCUT2D eigenvalue weighted by atomic mass is 10.0. The largest absolute Gasteiger partial charge is 0.481 e. The molecule has 2 heterocycles. The smallest absolute Gasteiger partial charge is 0.462 e. The van der Waals surface area contributed by atoms with E-state index < -0.39 is 83.7 Å². The first-order valence-corrected chi connectivity index (χ1v) is 30.5. The summed E-state index contributed by atoms with van der Waals surface area (Å²) in [6, 6.07) is 1.24. The van der Waals surface area contributed by atoms with Gasteiger partial charge in [-0.25, -0.2) is 13.9 Å². The van der Waals surface area contributed by atoms with Crippen LogP contribution >= 0.6 is 15.6 Å². The van der Waals surface area contributed by atoms with Gasteiger partial charge in [-0.15, -0.1) is 0 Å². The molecule has 0 amide bonds. The number of ketones is 1. The summed E-state index contributed by atoms with van der Waals surface area (Å²) in [6.45, 7) is 4.24. The first kappa shape index (κ1) is 67.5. The fourth-order valence-corrected chi connectivity index (χ4v) is 10.2. The van der Waals surface area contributed by atoms with Crippen molar-refractivity contribution >= 4 is 39.2 Å². The molecule has 1 aromatic heterocycles. The monoisotopic (exact) mass is 1100 g/mol. The van der Waals surface area contributed by atoms with Gasteiger partial charge in [-0.2, -0.15) is 9.29 Å². The highest BCUT2D eigenvalue weighted by atomic mass is 31.3. The second-order valence-electron chi connectivity index (χ2n) is 19.6. The number of nitrogens with zero attached hydrogens (tertiary/aromatic N) is 2. The molecule has 0 aromatic carbocycles. The Hall–Kier alpha value is -3.61. The van der Waals surface area contributed by atoms with E-state index in [-0.39, 0.29) is 37.3 Å². The number of ether oxygens (including phenoxy) is 3. The number of phosphoric ester groups is 2. The predicted octanol–water partition coefficient (Wildman–Crippen LogP) is 11.2. The highest BCUT2D eigenvalue weighted by molar-refractivity contribution is 7.61. The number of aliphatic hydroxyl groups excluding tert-OH is 2. The lowest BCUT2D eigenvalue weighted by Crippen LogP contribution is -2.36. The van der Waals surface area contributed by atoms with Crippen LogP contribution in [0.2, 0.25) is 0 Å². The number of hydrogen-bond acceptors (Lipinski definition) is 16. The van der Waals surface area contributed by atoms with Crippen LogP contribution in [-0.4, -0.2) is 91.5 Å². The van der Waals surface area contributed by atoms with Gasteiger partial charge < -0.3 is 39.9 Å². The summed E-state index contributed by atoms with van der Waals surface area (Å²) >= 11 is 0. The number of rotatable bonds is 45. The van der Waals surface area contributed by atoms with Crippen LogP contribution in [0.25, 0.3) is 0 Å². The van der Waals surface area contributed by atoms with Gasteiger partial charge in [-0.05, 0) is 56.6 Å². The lowest BCUT2D eigenvalue weighted by molar-refractivity contribution is -0.161. The minimum atomic E-state index is -5.47. The Kier molecular flexibility index (Phi) is 36.5. The molecule has 7 atom stereocenters. The van der Waals surface area contributed by atoms with Gasteiger partial charge in [0.25, 0.3) is 0 Å². The lowest BCUT2D eigenvalue weighted by Gasteiger charge is -2.21. The van der Waals surface area contributed by atoms with E-state index in [1.54, 1.807) is 12.2 Å². The van der Waals surface area contributed by atoms with Crippen LogP contribution in [0.4, 0.5) is 5.82 Å². The fourth-order valence-electron chi connectivity index (χ4n) is 8.04. The number of phosphoric acid groups is 2. The van der Waals surface area contributed by atoms with Gasteiger partial charge in [0.2, 0.25) is 0 Å². The number of hydrogen-bond donors (Lipinski definition) is 5. The Labute approximate surface area is 446 Å². The normalized spacial score (nSPS) is 19.1. The van der Waals surface area contributed by atoms with Gasteiger partial charge >= 0.3 is 33.3 Å². The van der Waals surface area contributed by atoms with Crippen molar-refractivity contribution in [3.63, 3.8) is 0 Å². The molecule has 1 aliphatic heterocycles. The molecule has 21 heteroatoms. The second kappa shape index (κ2) is 40.6. The average Bonchev–Trinajstić information content (AvgIpc) is 3.63. The van der Waals surface area contributed by atoms with Gasteiger partial charge in [-0.3, -0.25) is 28.0 Å². The summed E-state index contributed by atoms with van der Waals surface area (Å²) in [4.78, 5) is 74.4. The van der Waals surface area contributed by atoms with Crippen molar-refractivity contribution in [1.82, 2.24) is 9.55 Å².